The third-order valence-electron chi connectivity index (χ3n) is 4.18. The van der Waals surface area contributed by atoms with E-state index in [0.29, 0.717) is 11.2 Å². The number of carbonyl (C=O) groups is 1. The molecule has 0 spiro atoms. The minimum Gasteiger partial charge on any atom is -0.348 e. The third-order valence-corrected chi connectivity index (χ3v) is 4.18. The molecule has 0 saturated heterocycles. The van der Waals surface area contributed by atoms with Crippen molar-refractivity contribution in [1.29, 1.82) is 0 Å². The average molecular weight is 217 g/mol. The number of hydrogen-bond donors (Lipinski definition) is 0. The number of ketones is 1. The van der Waals surface area contributed by atoms with E-state index in [1.54, 1.807) is 0 Å². The summed E-state index contributed by atoms with van der Waals surface area (Å²) in [5.74, 6) is 0.351. The summed E-state index contributed by atoms with van der Waals surface area (Å²) >= 11 is 0. The molecule has 0 amide bonds. The number of Topliss-reactive ketones (excluding diaryl/α,β-unsaturated/α-hetero) is 1. The predicted molar refractivity (Wildman–Crippen MR) is 63.8 cm³/mol. The molecule has 1 aromatic rings. The minimum absolute atomic E-state index is 0.351. The van der Waals surface area contributed by atoms with E-state index in [1.807, 2.05) is 0 Å². The summed E-state index contributed by atoms with van der Waals surface area (Å²) in [6, 6.07) is 2.10. The maximum absolute atomic E-state index is 11.8. The van der Waals surface area contributed by atoms with E-state index >= 15 is 0 Å². The lowest BCUT2D eigenvalue weighted by Crippen LogP contribution is -2.16. The zero-order valence-corrected chi connectivity index (χ0v) is 10.2. The van der Waals surface area contributed by atoms with Crippen molar-refractivity contribution in [2.75, 3.05) is 0 Å². The van der Waals surface area contributed by atoms with Crippen molar-refractivity contribution in [1.82, 2.24) is 4.57 Å². The quantitative estimate of drug-likeness (QED) is 0.746. The van der Waals surface area contributed by atoms with Gasteiger partial charge in [0.05, 0.1) is 0 Å². The van der Waals surface area contributed by atoms with Crippen molar-refractivity contribution in [2.45, 2.75) is 52.5 Å². The van der Waals surface area contributed by atoms with Gasteiger partial charge in [0.2, 0.25) is 0 Å². The number of aromatic nitrogens is 1. The molecule has 1 saturated carbocycles. The number of hydrogen-bond acceptors (Lipinski definition) is 1. The van der Waals surface area contributed by atoms with Crippen molar-refractivity contribution >= 4 is 5.78 Å². The highest BCUT2D eigenvalue weighted by Crippen LogP contribution is 2.47. The summed E-state index contributed by atoms with van der Waals surface area (Å²) in [6.45, 7) is 5.60. The van der Waals surface area contributed by atoms with Crippen LogP contribution in [0, 0.1) is 12.3 Å². The van der Waals surface area contributed by atoms with E-state index < -0.39 is 0 Å². The molecule has 1 aromatic heterocycles. The summed E-state index contributed by atoms with van der Waals surface area (Å²) in [5.41, 5.74) is 4.10. The van der Waals surface area contributed by atoms with Crippen molar-refractivity contribution in [3.63, 3.8) is 0 Å². The van der Waals surface area contributed by atoms with Crippen LogP contribution in [0.5, 0.6) is 0 Å². The fourth-order valence-corrected chi connectivity index (χ4v) is 2.76. The molecular formula is C14H19NO. The second kappa shape index (κ2) is 3.22. The first-order chi connectivity index (χ1) is 7.59. The monoisotopic (exact) mass is 217 g/mol. The molecule has 0 radical (unpaired) electrons. The van der Waals surface area contributed by atoms with Gasteiger partial charge in [0, 0.05) is 29.9 Å². The van der Waals surface area contributed by atoms with Crippen LogP contribution in [0.25, 0.3) is 0 Å². The van der Waals surface area contributed by atoms with Gasteiger partial charge in [-0.15, -0.1) is 0 Å². The Bertz CT molecular complexity index is 452. The van der Waals surface area contributed by atoms with Crippen LogP contribution in [-0.4, -0.2) is 10.4 Å². The molecule has 0 unspecified atom stereocenters. The zero-order valence-electron chi connectivity index (χ0n) is 10.2. The Morgan fingerprint density at radius 1 is 1.38 bits per heavy atom. The molecular weight excluding hydrogens is 198 g/mol. The molecule has 86 valence electrons. The second-order valence-corrected chi connectivity index (χ2v) is 5.82. The lowest BCUT2D eigenvalue weighted by Gasteiger charge is -2.18. The van der Waals surface area contributed by atoms with Crippen molar-refractivity contribution in [3.05, 3.63) is 23.0 Å². The number of carbonyl (C=O) groups excluding carboxylic acids is 1. The Morgan fingerprint density at radius 2 is 2.12 bits per heavy atom. The maximum atomic E-state index is 11.8. The van der Waals surface area contributed by atoms with E-state index in [1.165, 1.54) is 24.2 Å². The molecule has 1 fully saturated rings. The molecule has 16 heavy (non-hydrogen) atoms. The molecule has 3 rings (SSSR count). The summed E-state index contributed by atoms with van der Waals surface area (Å²) in [7, 11) is 0. The Morgan fingerprint density at radius 3 is 2.81 bits per heavy atom. The van der Waals surface area contributed by atoms with Gasteiger partial charge in [-0.3, -0.25) is 4.79 Å². The van der Waals surface area contributed by atoms with Gasteiger partial charge in [0.15, 0.2) is 5.78 Å². The predicted octanol–water partition coefficient (Wildman–Crippen LogP) is 3.12. The second-order valence-electron chi connectivity index (χ2n) is 5.82. The van der Waals surface area contributed by atoms with E-state index in [2.05, 4.69) is 24.5 Å². The first kappa shape index (κ1) is 10.1. The summed E-state index contributed by atoms with van der Waals surface area (Å²) in [5, 5.41) is 0. The molecule has 2 aliphatic rings. The van der Waals surface area contributed by atoms with E-state index in [-0.39, 0.29) is 0 Å². The first-order valence-electron chi connectivity index (χ1n) is 6.31. The van der Waals surface area contributed by atoms with Gasteiger partial charge in [-0.05, 0) is 44.1 Å². The van der Waals surface area contributed by atoms with Crippen LogP contribution < -0.4 is 0 Å². The molecule has 2 heteroatoms. The lowest BCUT2D eigenvalue weighted by atomic mass is 9.96. The van der Waals surface area contributed by atoms with Gasteiger partial charge in [-0.1, -0.05) is 6.92 Å². The minimum atomic E-state index is 0.351. The van der Waals surface area contributed by atoms with Crippen LogP contribution >= 0.6 is 0 Å². The number of rotatable bonds is 2. The number of fused-ring (bicyclic) bond motifs is 1. The Labute approximate surface area is 96.6 Å². The molecule has 2 nitrogen and oxygen atoms in total. The number of nitrogens with zero attached hydrogens (tertiary/aromatic N) is 1. The molecule has 0 N–H and O–H groups in total. The molecule has 1 heterocycles. The van der Waals surface area contributed by atoms with E-state index in [0.717, 1.165) is 31.4 Å². The van der Waals surface area contributed by atoms with Gasteiger partial charge in [0.25, 0.3) is 0 Å². The molecule has 0 bridgehead atoms. The fraction of sp³-hybridized carbons (Fsp3) is 0.643. The average Bonchev–Trinajstić information content (AvgIpc) is 2.88. The molecule has 0 aromatic carbocycles. The highest BCUT2D eigenvalue weighted by atomic mass is 16.1. The fourth-order valence-electron chi connectivity index (χ4n) is 2.76. The van der Waals surface area contributed by atoms with Crippen molar-refractivity contribution in [3.8, 4) is 0 Å². The largest absolute Gasteiger partial charge is 0.348 e. The summed E-state index contributed by atoms with van der Waals surface area (Å²) in [4.78, 5) is 11.8. The van der Waals surface area contributed by atoms with Gasteiger partial charge >= 0.3 is 0 Å². The van der Waals surface area contributed by atoms with Crippen LogP contribution in [-0.2, 0) is 13.0 Å². The van der Waals surface area contributed by atoms with Crippen LogP contribution in [0.1, 0.15) is 54.4 Å². The summed E-state index contributed by atoms with van der Waals surface area (Å²) in [6.07, 6.45) is 5.55. The molecule has 2 aliphatic carbocycles. The molecule has 0 atom stereocenters. The highest BCUT2D eigenvalue weighted by molar-refractivity contribution is 5.98. The zero-order chi connectivity index (χ0) is 11.3. The SMILES string of the molecule is Cc1cc2c(n1CC1(C)CC1)CCCC2=O. The van der Waals surface area contributed by atoms with E-state index in [4.69, 9.17) is 0 Å². The maximum Gasteiger partial charge on any atom is 0.164 e. The smallest absolute Gasteiger partial charge is 0.164 e. The highest BCUT2D eigenvalue weighted by Gasteiger charge is 2.38. The Balaban J connectivity index is 2.00. The lowest BCUT2D eigenvalue weighted by molar-refractivity contribution is 0.0971. The van der Waals surface area contributed by atoms with Crippen LogP contribution in [0.4, 0.5) is 0 Å². The van der Waals surface area contributed by atoms with Crippen molar-refractivity contribution < 1.29 is 4.79 Å². The van der Waals surface area contributed by atoms with Crippen molar-refractivity contribution in [2.24, 2.45) is 5.41 Å². The summed E-state index contributed by atoms with van der Waals surface area (Å²) < 4.78 is 2.40. The van der Waals surface area contributed by atoms with Gasteiger partial charge in [0.1, 0.15) is 0 Å². The van der Waals surface area contributed by atoms with Crippen LogP contribution in [0.2, 0.25) is 0 Å². The first-order valence-corrected chi connectivity index (χ1v) is 6.31. The third kappa shape index (κ3) is 1.51. The van der Waals surface area contributed by atoms with Gasteiger partial charge in [-0.25, -0.2) is 0 Å². The van der Waals surface area contributed by atoms with Gasteiger partial charge < -0.3 is 4.57 Å². The normalized spacial score (nSPS) is 22.0. The van der Waals surface area contributed by atoms with E-state index in [9.17, 15) is 4.79 Å². The Kier molecular flexibility index (Phi) is 2.04. The standard InChI is InChI=1S/C14H19NO/c1-10-8-11-12(4-3-5-13(11)16)15(10)9-14(2)6-7-14/h8H,3-7,9H2,1-2H3. The Hall–Kier alpha value is -1.05. The van der Waals surface area contributed by atoms with Gasteiger partial charge in [-0.2, -0.15) is 0 Å². The van der Waals surface area contributed by atoms with Crippen LogP contribution in [0.3, 0.4) is 0 Å². The number of aryl methyl sites for hydroxylation is 1. The van der Waals surface area contributed by atoms with Crippen LogP contribution in [0.15, 0.2) is 6.07 Å². The molecule has 0 aliphatic heterocycles. The topological polar surface area (TPSA) is 22.0 Å².